The molecule has 0 aliphatic carbocycles. The van der Waals surface area contributed by atoms with Crippen molar-refractivity contribution in [1.29, 1.82) is 0 Å². The molecule has 1 N–H and O–H groups in total. The summed E-state index contributed by atoms with van der Waals surface area (Å²) in [5, 5.41) is 1.28. The van der Waals surface area contributed by atoms with E-state index in [1.165, 1.54) is 27.7 Å². The van der Waals surface area contributed by atoms with Gasteiger partial charge in [-0.05, 0) is 31.4 Å². The van der Waals surface area contributed by atoms with Crippen LogP contribution < -0.4 is 0 Å². The number of amides is 1. The number of H-pyrrole nitrogens is 1. The van der Waals surface area contributed by atoms with Gasteiger partial charge in [-0.25, -0.2) is 0 Å². The Morgan fingerprint density at radius 2 is 2.10 bits per heavy atom. The second-order valence-electron chi connectivity index (χ2n) is 6.15. The van der Waals surface area contributed by atoms with Gasteiger partial charge in [-0.1, -0.05) is 26.0 Å². The third-order valence-electron chi connectivity index (χ3n) is 4.78. The average molecular weight is 284 g/mol. The maximum Gasteiger partial charge on any atom is 0.225 e. The van der Waals surface area contributed by atoms with Crippen molar-refractivity contribution in [1.82, 2.24) is 9.88 Å². The lowest BCUT2D eigenvalue weighted by Crippen LogP contribution is -2.39. The van der Waals surface area contributed by atoms with Crippen LogP contribution in [0.3, 0.4) is 0 Å². The summed E-state index contributed by atoms with van der Waals surface area (Å²) in [6.45, 7) is 7.93. The lowest BCUT2D eigenvalue weighted by atomic mass is 9.98. The Kier molecular flexibility index (Phi) is 3.75. The third-order valence-corrected chi connectivity index (χ3v) is 4.78. The molecule has 0 spiro atoms. The van der Waals surface area contributed by atoms with Crippen LogP contribution in [-0.2, 0) is 17.8 Å². The molecule has 112 valence electrons. The lowest BCUT2D eigenvalue weighted by molar-refractivity contribution is -0.136. The van der Waals surface area contributed by atoms with Crippen molar-refractivity contribution >= 4 is 16.8 Å². The Labute approximate surface area is 126 Å². The smallest absolute Gasteiger partial charge is 0.225 e. The van der Waals surface area contributed by atoms with Crippen molar-refractivity contribution in [3.8, 4) is 0 Å². The normalized spacial score (nSPS) is 14.8. The highest BCUT2D eigenvalue weighted by Gasteiger charge is 2.27. The summed E-state index contributed by atoms with van der Waals surface area (Å²) in [5.74, 6) is 0.506. The van der Waals surface area contributed by atoms with Gasteiger partial charge in [0.1, 0.15) is 0 Å². The Balaban J connectivity index is 1.91. The highest BCUT2D eigenvalue weighted by molar-refractivity contribution is 5.87. The SMILES string of the molecule is CCC(CC)C(=O)N1CCc2[nH]c3cc(C)ccc3c2C1. The fourth-order valence-electron chi connectivity index (χ4n) is 3.42. The van der Waals surface area contributed by atoms with E-state index in [0.717, 1.165) is 32.4 Å². The molecule has 0 saturated carbocycles. The summed E-state index contributed by atoms with van der Waals surface area (Å²) in [6.07, 6.45) is 2.81. The van der Waals surface area contributed by atoms with Crippen molar-refractivity contribution < 1.29 is 4.79 Å². The van der Waals surface area contributed by atoms with Crippen molar-refractivity contribution in [2.75, 3.05) is 6.54 Å². The number of benzene rings is 1. The number of nitrogens with one attached hydrogen (secondary N) is 1. The van der Waals surface area contributed by atoms with Crippen molar-refractivity contribution in [2.45, 2.75) is 46.6 Å². The van der Waals surface area contributed by atoms with E-state index in [4.69, 9.17) is 0 Å². The van der Waals surface area contributed by atoms with Crippen LogP contribution in [-0.4, -0.2) is 22.3 Å². The van der Waals surface area contributed by atoms with E-state index in [1.54, 1.807) is 0 Å². The molecular weight excluding hydrogens is 260 g/mol. The fraction of sp³-hybridized carbons (Fsp3) is 0.500. The summed E-state index contributed by atoms with van der Waals surface area (Å²) < 4.78 is 0. The van der Waals surface area contributed by atoms with Gasteiger partial charge in [0.05, 0.1) is 0 Å². The Bertz CT molecular complexity index is 667. The maximum atomic E-state index is 12.6. The number of carbonyl (C=O) groups is 1. The number of hydrogen-bond acceptors (Lipinski definition) is 1. The highest BCUT2D eigenvalue weighted by Crippen LogP contribution is 2.29. The number of fused-ring (bicyclic) bond motifs is 3. The van der Waals surface area contributed by atoms with E-state index in [9.17, 15) is 4.79 Å². The van der Waals surface area contributed by atoms with Crippen molar-refractivity contribution in [3.05, 3.63) is 35.0 Å². The van der Waals surface area contributed by atoms with Crippen LogP contribution in [0.15, 0.2) is 18.2 Å². The summed E-state index contributed by atoms with van der Waals surface area (Å²) in [4.78, 5) is 18.2. The first-order valence-electron chi connectivity index (χ1n) is 8.02. The number of carbonyl (C=O) groups excluding carboxylic acids is 1. The molecule has 3 heteroatoms. The zero-order valence-electron chi connectivity index (χ0n) is 13.2. The van der Waals surface area contributed by atoms with E-state index in [0.29, 0.717) is 5.91 Å². The van der Waals surface area contributed by atoms with Gasteiger partial charge in [0, 0.05) is 47.6 Å². The average Bonchev–Trinajstić information content (AvgIpc) is 2.84. The molecule has 0 radical (unpaired) electrons. The van der Waals surface area contributed by atoms with E-state index in [-0.39, 0.29) is 5.92 Å². The Hall–Kier alpha value is -1.77. The monoisotopic (exact) mass is 284 g/mol. The molecule has 3 nitrogen and oxygen atoms in total. The standard InChI is InChI=1S/C18H24N2O/c1-4-13(5-2)18(21)20-9-8-16-15(11-20)14-7-6-12(3)10-17(14)19-16/h6-7,10,13,19H,4-5,8-9,11H2,1-3H3. The van der Waals surface area contributed by atoms with E-state index in [1.807, 2.05) is 4.90 Å². The molecule has 21 heavy (non-hydrogen) atoms. The minimum absolute atomic E-state index is 0.180. The largest absolute Gasteiger partial charge is 0.358 e. The number of hydrogen-bond donors (Lipinski definition) is 1. The molecule has 0 unspecified atom stereocenters. The molecule has 0 atom stereocenters. The minimum Gasteiger partial charge on any atom is -0.358 e. The van der Waals surface area contributed by atoms with Crippen LogP contribution in [0.1, 0.15) is 43.5 Å². The first-order chi connectivity index (χ1) is 10.1. The van der Waals surface area contributed by atoms with Gasteiger partial charge in [0.15, 0.2) is 0 Å². The van der Waals surface area contributed by atoms with Gasteiger partial charge in [0.25, 0.3) is 0 Å². The molecule has 2 aromatic rings. The van der Waals surface area contributed by atoms with Gasteiger partial charge in [-0.2, -0.15) is 0 Å². The van der Waals surface area contributed by atoms with Crippen LogP contribution in [0, 0.1) is 12.8 Å². The fourth-order valence-corrected chi connectivity index (χ4v) is 3.42. The van der Waals surface area contributed by atoms with E-state index >= 15 is 0 Å². The predicted octanol–water partition coefficient (Wildman–Crippen LogP) is 3.80. The third kappa shape index (κ3) is 2.45. The first-order valence-corrected chi connectivity index (χ1v) is 8.02. The van der Waals surface area contributed by atoms with Gasteiger partial charge in [-0.15, -0.1) is 0 Å². The Morgan fingerprint density at radius 3 is 2.81 bits per heavy atom. The summed E-state index contributed by atoms with van der Waals surface area (Å²) in [7, 11) is 0. The summed E-state index contributed by atoms with van der Waals surface area (Å²) >= 11 is 0. The molecule has 0 fully saturated rings. The quantitative estimate of drug-likeness (QED) is 0.914. The zero-order valence-corrected chi connectivity index (χ0v) is 13.2. The van der Waals surface area contributed by atoms with Gasteiger partial charge >= 0.3 is 0 Å². The molecule has 1 aromatic heterocycles. The lowest BCUT2D eigenvalue weighted by Gasteiger charge is -2.30. The van der Waals surface area contributed by atoms with Crippen LogP contribution >= 0.6 is 0 Å². The molecular formula is C18H24N2O. The van der Waals surface area contributed by atoms with E-state index < -0.39 is 0 Å². The Morgan fingerprint density at radius 1 is 1.33 bits per heavy atom. The maximum absolute atomic E-state index is 12.6. The highest BCUT2D eigenvalue weighted by atomic mass is 16.2. The summed E-state index contributed by atoms with van der Waals surface area (Å²) in [5.41, 5.74) is 5.10. The molecule has 2 heterocycles. The molecule has 1 aliphatic rings. The predicted molar refractivity (Wildman–Crippen MR) is 86.2 cm³/mol. The van der Waals surface area contributed by atoms with Gasteiger partial charge in [-0.3, -0.25) is 4.79 Å². The number of aromatic nitrogens is 1. The van der Waals surface area contributed by atoms with E-state index in [2.05, 4.69) is 44.0 Å². The minimum atomic E-state index is 0.180. The second kappa shape index (κ2) is 5.55. The van der Waals surface area contributed by atoms with Crippen LogP contribution in [0.4, 0.5) is 0 Å². The molecule has 1 amide bonds. The molecule has 1 aromatic carbocycles. The molecule has 1 aliphatic heterocycles. The van der Waals surface area contributed by atoms with Crippen molar-refractivity contribution in [2.24, 2.45) is 5.92 Å². The zero-order chi connectivity index (χ0) is 15.0. The molecule has 0 saturated heterocycles. The van der Waals surface area contributed by atoms with Gasteiger partial charge < -0.3 is 9.88 Å². The molecule has 3 rings (SSSR count). The topological polar surface area (TPSA) is 36.1 Å². The van der Waals surface area contributed by atoms with Crippen LogP contribution in [0.5, 0.6) is 0 Å². The second-order valence-corrected chi connectivity index (χ2v) is 6.15. The number of rotatable bonds is 3. The first kappa shape index (κ1) is 14.2. The number of aryl methyl sites for hydroxylation is 1. The number of nitrogens with zero attached hydrogens (tertiary/aromatic N) is 1. The van der Waals surface area contributed by atoms with Crippen molar-refractivity contribution in [3.63, 3.8) is 0 Å². The van der Waals surface area contributed by atoms with Gasteiger partial charge in [0.2, 0.25) is 5.91 Å². The molecule has 0 bridgehead atoms. The van der Waals surface area contributed by atoms with Crippen LogP contribution in [0.25, 0.3) is 10.9 Å². The number of aromatic amines is 1. The summed E-state index contributed by atoms with van der Waals surface area (Å²) in [6, 6.07) is 6.53. The van der Waals surface area contributed by atoms with Crippen LogP contribution in [0.2, 0.25) is 0 Å².